The summed E-state index contributed by atoms with van der Waals surface area (Å²) in [4.78, 5) is 15.2. The molecule has 0 fully saturated rings. The summed E-state index contributed by atoms with van der Waals surface area (Å²) in [5, 5.41) is 9.97. The third kappa shape index (κ3) is 2.61. The van der Waals surface area contributed by atoms with Crippen molar-refractivity contribution >= 4 is 16.9 Å². The predicted molar refractivity (Wildman–Crippen MR) is 69.5 cm³/mol. The summed E-state index contributed by atoms with van der Waals surface area (Å²) in [6.45, 7) is 7.84. The quantitative estimate of drug-likeness (QED) is 0.816. The van der Waals surface area contributed by atoms with E-state index in [-0.39, 0.29) is 5.56 Å². The van der Waals surface area contributed by atoms with E-state index < -0.39 is 5.97 Å². The average Bonchev–Trinajstić information content (AvgIpc) is 2.32. The molecule has 2 aromatic rings. The number of aryl methyl sites for hydroxylation is 2. The van der Waals surface area contributed by atoms with E-state index in [2.05, 4.69) is 4.98 Å². The first-order valence-electron chi connectivity index (χ1n) is 5.69. The van der Waals surface area contributed by atoms with Crippen molar-refractivity contribution in [3.8, 4) is 0 Å². The van der Waals surface area contributed by atoms with Crippen molar-refractivity contribution in [3.63, 3.8) is 0 Å². The first-order chi connectivity index (χ1) is 8.09. The number of benzene rings is 1. The minimum absolute atomic E-state index is 0.272. The molecule has 0 radical (unpaired) electrons. The zero-order valence-electron chi connectivity index (χ0n) is 10.6. The van der Waals surface area contributed by atoms with Crippen molar-refractivity contribution in [3.05, 3.63) is 41.1 Å². The number of carbonyl (C=O) groups is 1. The summed E-state index contributed by atoms with van der Waals surface area (Å²) in [6.07, 6.45) is 1.64. The lowest BCUT2D eigenvalue weighted by Gasteiger charge is -2.05. The molecule has 1 aromatic heterocycles. The molecule has 1 N–H and O–H groups in total. The lowest BCUT2D eigenvalue weighted by molar-refractivity contribution is 0.0698. The van der Waals surface area contributed by atoms with E-state index in [1.807, 2.05) is 39.8 Å². The van der Waals surface area contributed by atoms with Crippen LogP contribution >= 0.6 is 0 Å². The van der Waals surface area contributed by atoms with Gasteiger partial charge in [-0.2, -0.15) is 0 Å². The molecule has 0 amide bonds. The Morgan fingerprint density at radius 2 is 1.88 bits per heavy atom. The van der Waals surface area contributed by atoms with Crippen LogP contribution in [0.5, 0.6) is 0 Å². The topological polar surface area (TPSA) is 50.2 Å². The molecule has 0 bridgehead atoms. The Morgan fingerprint density at radius 1 is 1.24 bits per heavy atom. The van der Waals surface area contributed by atoms with Gasteiger partial charge < -0.3 is 5.11 Å². The largest absolute Gasteiger partial charge is 0.478 e. The number of aromatic carboxylic acids is 1. The maximum Gasteiger partial charge on any atom is 0.337 e. The van der Waals surface area contributed by atoms with Crippen LogP contribution in [0.4, 0.5) is 0 Å². The van der Waals surface area contributed by atoms with E-state index in [9.17, 15) is 4.79 Å². The van der Waals surface area contributed by atoms with Crippen LogP contribution in [-0.2, 0) is 0 Å². The molecule has 0 atom stereocenters. The summed E-state index contributed by atoms with van der Waals surface area (Å²) in [6, 6.07) is 5.49. The van der Waals surface area contributed by atoms with Gasteiger partial charge in [0.25, 0.3) is 0 Å². The molecule has 1 heterocycles. The van der Waals surface area contributed by atoms with Crippen molar-refractivity contribution < 1.29 is 9.90 Å². The third-order valence-corrected chi connectivity index (χ3v) is 2.44. The van der Waals surface area contributed by atoms with Crippen LogP contribution in [0.25, 0.3) is 10.9 Å². The highest BCUT2D eigenvalue weighted by Crippen LogP contribution is 2.21. The standard InChI is InChI=1S/C12H11NO2.C2H6/c1-7-5-9-8(2)3-4-13-11(9)10(6-7)12(14)15;1-2/h3-6H,1-2H3,(H,14,15);1-2H3. The summed E-state index contributed by atoms with van der Waals surface area (Å²) in [5.74, 6) is -0.929. The second kappa shape index (κ2) is 5.43. The Kier molecular flexibility index (Phi) is 4.21. The van der Waals surface area contributed by atoms with Crippen molar-refractivity contribution in [1.29, 1.82) is 0 Å². The van der Waals surface area contributed by atoms with E-state index >= 15 is 0 Å². The number of hydrogen-bond acceptors (Lipinski definition) is 2. The van der Waals surface area contributed by atoms with Gasteiger partial charge in [-0.15, -0.1) is 0 Å². The van der Waals surface area contributed by atoms with E-state index in [4.69, 9.17) is 5.11 Å². The second-order valence-electron chi connectivity index (χ2n) is 3.64. The van der Waals surface area contributed by atoms with E-state index in [0.29, 0.717) is 5.52 Å². The van der Waals surface area contributed by atoms with Gasteiger partial charge >= 0.3 is 5.97 Å². The van der Waals surface area contributed by atoms with Crippen molar-refractivity contribution in [2.75, 3.05) is 0 Å². The summed E-state index contributed by atoms with van der Waals surface area (Å²) in [7, 11) is 0. The van der Waals surface area contributed by atoms with Crippen LogP contribution in [0.2, 0.25) is 0 Å². The summed E-state index contributed by atoms with van der Waals surface area (Å²) >= 11 is 0. The number of fused-ring (bicyclic) bond motifs is 1. The maximum atomic E-state index is 11.0. The third-order valence-electron chi connectivity index (χ3n) is 2.44. The van der Waals surface area contributed by atoms with Crippen LogP contribution in [-0.4, -0.2) is 16.1 Å². The number of hydrogen-bond donors (Lipinski definition) is 1. The maximum absolute atomic E-state index is 11.0. The Morgan fingerprint density at radius 3 is 2.47 bits per heavy atom. The van der Waals surface area contributed by atoms with Gasteiger partial charge in [0, 0.05) is 11.6 Å². The molecule has 0 aliphatic heterocycles. The molecule has 1 aromatic carbocycles. The lowest BCUT2D eigenvalue weighted by Crippen LogP contribution is -2.00. The molecule has 3 heteroatoms. The van der Waals surface area contributed by atoms with Crippen LogP contribution in [0.15, 0.2) is 24.4 Å². The molecule has 0 saturated heterocycles. The van der Waals surface area contributed by atoms with Gasteiger partial charge in [-0.05, 0) is 43.2 Å². The van der Waals surface area contributed by atoms with Gasteiger partial charge in [-0.1, -0.05) is 13.8 Å². The van der Waals surface area contributed by atoms with E-state index in [0.717, 1.165) is 16.5 Å². The van der Waals surface area contributed by atoms with Crippen LogP contribution < -0.4 is 0 Å². The lowest BCUT2D eigenvalue weighted by atomic mass is 10.0. The Labute approximate surface area is 101 Å². The molecule has 0 unspecified atom stereocenters. The molecule has 0 spiro atoms. The summed E-state index contributed by atoms with van der Waals surface area (Å²) in [5.41, 5.74) is 2.82. The number of carboxylic acids is 1. The Bertz CT molecular complexity index is 547. The highest BCUT2D eigenvalue weighted by molar-refractivity contribution is 6.02. The van der Waals surface area contributed by atoms with Gasteiger partial charge in [0.05, 0.1) is 11.1 Å². The highest BCUT2D eigenvalue weighted by atomic mass is 16.4. The van der Waals surface area contributed by atoms with Crippen molar-refractivity contribution in [1.82, 2.24) is 4.98 Å². The highest BCUT2D eigenvalue weighted by Gasteiger charge is 2.11. The minimum Gasteiger partial charge on any atom is -0.478 e. The molecule has 17 heavy (non-hydrogen) atoms. The van der Waals surface area contributed by atoms with Crippen LogP contribution in [0.3, 0.4) is 0 Å². The number of pyridine rings is 1. The Balaban J connectivity index is 0.000000686. The van der Waals surface area contributed by atoms with Crippen molar-refractivity contribution in [2.45, 2.75) is 27.7 Å². The van der Waals surface area contributed by atoms with Crippen molar-refractivity contribution in [2.24, 2.45) is 0 Å². The molecule has 0 saturated carbocycles. The second-order valence-corrected chi connectivity index (χ2v) is 3.64. The zero-order chi connectivity index (χ0) is 13.0. The first kappa shape index (κ1) is 13.2. The first-order valence-corrected chi connectivity index (χ1v) is 5.69. The minimum atomic E-state index is -0.929. The molecular weight excluding hydrogens is 214 g/mol. The fourth-order valence-corrected chi connectivity index (χ4v) is 1.69. The molecule has 0 aliphatic rings. The van der Waals surface area contributed by atoms with Crippen LogP contribution in [0.1, 0.15) is 35.3 Å². The number of nitrogens with zero attached hydrogens (tertiary/aromatic N) is 1. The van der Waals surface area contributed by atoms with E-state index in [1.54, 1.807) is 12.3 Å². The monoisotopic (exact) mass is 231 g/mol. The molecular formula is C14H17NO2. The fourth-order valence-electron chi connectivity index (χ4n) is 1.69. The molecule has 2 rings (SSSR count). The number of carboxylic acid groups (broad SMARTS) is 1. The predicted octanol–water partition coefficient (Wildman–Crippen LogP) is 3.58. The summed E-state index contributed by atoms with van der Waals surface area (Å²) < 4.78 is 0. The fraction of sp³-hybridized carbons (Fsp3) is 0.286. The van der Waals surface area contributed by atoms with Crippen LogP contribution in [0, 0.1) is 13.8 Å². The SMILES string of the molecule is CC.Cc1cc(C(=O)O)c2nccc(C)c2c1. The smallest absolute Gasteiger partial charge is 0.337 e. The molecule has 3 nitrogen and oxygen atoms in total. The Hall–Kier alpha value is -1.90. The van der Waals surface area contributed by atoms with Gasteiger partial charge in [0.2, 0.25) is 0 Å². The number of rotatable bonds is 1. The van der Waals surface area contributed by atoms with Gasteiger partial charge in [0.15, 0.2) is 0 Å². The average molecular weight is 231 g/mol. The zero-order valence-corrected chi connectivity index (χ0v) is 10.6. The van der Waals surface area contributed by atoms with Gasteiger partial charge in [-0.25, -0.2) is 4.79 Å². The molecule has 90 valence electrons. The van der Waals surface area contributed by atoms with Gasteiger partial charge in [0.1, 0.15) is 0 Å². The molecule has 0 aliphatic carbocycles. The van der Waals surface area contributed by atoms with E-state index in [1.165, 1.54) is 0 Å². The normalized spacial score (nSPS) is 9.65. The number of aromatic nitrogens is 1. The van der Waals surface area contributed by atoms with Gasteiger partial charge in [-0.3, -0.25) is 4.98 Å².